The lowest BCUT2D eigenvalue weighted by Gasteiger charge is -2.10. The summed E-state index contributed by atoms with van der Waals surface area (Å²) < 4.78 is 10.5. The van der Waals surface area contributed by atoms with Gasteiger partial charge >= 0.3 is 5.97 Å². The largest absolute Gasteiger partial charge is 0.496 e. The number of benzene rings is 2. The first-order chi connectivity index (χ1) is 8.76. The van der Waals surface area contributed by atoms with Gasteiger partial charge in [0.15, 0.2) is 0 Å². The number of carbonyl (C=O) groups is 1. The van der Waals surface area contributed by atoms with Gasteiger partial charge in [-0.1, -0.05) is 30.2 Å². The lowest BCUT2D eigenvalue weighted by atomic mass is 10.1. The molecule has 90 valence electrons. The van der Waals surface area contributed by atoms with Crippen LogP contribution in [0.15, 0.2) is 36.4 Å². The summed E-state index contributed by atoms with van der Waals surface area (Å²) in [5, 5.41) is 1.72. The Kier molecular flexibility index (Phi) is 3.49. The van der Waals surface area contributed by atoms with Gasteiger partial charge in [0.1, 0.15) is 17.9 Å². The van der Waals surface area contributed by atoms with Crippen LogP contribution in [0, 0.1) is 12.3 Å². The van der Waals surface area contributed by atoms with Gasteiger partial charge in [-0.3, -0.25) is 4.79 Å². The second-order valence-corrected chi connectivity index (χ2v) is 3.67. The summed E-state index contributed by atoms with van der Waals surface area (Å²) in [6.07, 6.45) is 5.03. The van der Waals surface area contributed by atoms with Crippen molar-refractivity contribution in [3.63, 3.8) is 0 Å². The van der Waals surface area contributed by atoms with Crippen molar-refractivity contribution in [1.82, 2.24) is 0 Å². The third kappa shape index (κ3) is 2.28. The molecule has 0 unspecified atom stereocenters. The topological polar surface area (TPSA) is 35.5 Å². The molecule has 3 nitrogen and oxygen atoms in total. The van der Waals surface area contributed by atoms with Crippen molar-refractivity contribution in [2.45, 2.75) is 6.42 Å². The normalized spacial score (nSPS) is 9.78. The van der Waals surface area contributed by atoms with Crippen LogP contribution in [-0.4, -0.2) is 13.1 Å². The first-order valence-corrected chi connectivity index (χ1v) is 5.46. The monoisotopic (exact) mass is 240 g/mol. The number of rotatable bonds is 3. The van der Waals surface area contributed by atoms with Crippen LogP contribution in [0.5, 0.6) is 11.5 Å². The summed E-state index contributed by atoms with van der Waals surface area (Å²) in [4.78, 5) is 11.4. The molecule has 2 aromatic carbocycles. The molecule has 3 heteroatoms. The van der Waals surface area contributed by atoms with E-state index in [1.807, 2.05) is 24.3 Å². The van der Waals surface area contributed by atoms with Crippen molar-refractivity contribution >= 4 is 16.7 Å². The van der Waals surface area contributed by atoms with Crippen LogP contribution >= 0.6 is 0 Å². The van der Waals surface area contributed by atoms with E-state index in [1.54, 1.807) is 19.2 Å². The number of terminal acetylenes is 1. The number of hydrogen-bond acceptors (Lipinski definition) is 3. The predicted octanol–water partition coefficient (Wildman–Crippen LogP) is 2.78. The summed E-state index contributed by atoms with van der Waals surface area (Å²) in [5.74, 6) is 3.05. The Labute approximate surface area is 105 Å². The Balaban J connectivity index is 2.47. The Morgan fingerprint density at radius 2 is 1.78 bits per heavy atom. The fraction of sp³-hybridized carbons (Fsp3) is 0.133. The number of fused-ring (bicyclic) bond motifs is 1. The lowest BCUT2D eigenvalue weighted by molar-refractivity contribution is -0.133. The zero-order valence-corrected chi connectivity index (χ0v) is 9.97. The van der Waals surface area contributed by atoms with Crippen LogP contribution in [-0.2, 0) is 4.79 Å². The first-order valence-electron chi connectivity index (χ1n) is 5.46. The maximum Gasteiger partial charge on any atom is 0.323 e. The molecule has 0 aliphatic rings. The summed E-state index contributed by atoms with van der Waals surface area (Å²) >= 11 is 0. The molecular weight excluding hydrogens is 228 g/mol. The van der Waals surface area contributed by atoms with Crippen molar-refractivity contribution < 1.29 is 14.3 Å². The summed E-state index contributed by atoms with van der Waals surface area (Å²) in [5.41, 5.74) is 0. The Bertz CT molecular complexity index is 623. The molecule has 0 radical (unpaired) electrons. The predicted molar refractivity (Wildman–Crippen MR) is 69.6 cm³/mol. The molecule has 18 heavy (non-hydrogen) atoms. The molecule has 0 saturated carbocycles. The Hall–Kier alpha value is -2.47. The van der Waals surface area contributed by atoms with E-state index < -0.39 is 5.97 Å². The zero-order chi connectivity index (χ0) is 13.0. The summed E-state index contributed by atoms with van der Waals surface area (Å²) in [6.45, 7) is 0. The van der Waals surface area contributed by atoms with Gasteiger partial charge in [0, 0.05) is 10.8 Å². The smallest absolute Gasteiger partial charge is 0.323 e. The maximum atomic E-state index is 11.4. The fourth-order valence-corrected chi connectivity index (χ4v) is 1.75. The van der Waals surface area contributed by atoms with E-state index in [0.717, 1.165) is 16.5 Å². The molecule has 0 aliphatic carbocycles. The highest BCUT2D eigenvalue weighted by atomic mass is 16.5. The molecule has 2 rings (SSSR count). The van der Waals surface area contributed by atoms with Crippen molar-refractivity contribution in [3.05, 3.63) is 36.4 Å². The summed E-state index contributed by atoms with van der Waals surface area (Å²) in [7, 11) is 1.60. The van der Waals surface area contributed by atoms with Gasteiger partial charge < -0.3 is 9.47 Å². The number of methoxy groups -OCH3 is 1. The molecule has 0 atom stereocenters. The molecular formula is C15H12O3. The second-order valence-electron chi connectivity index (χ2n) is 3.67. The Morgan fingerprint density at radius 1 is 1.17 bits per heavy atom. The standard InChI is InChI=1S/C15H12O3/c1-3-6-15(16)18-14-10-9-13(17-2)11-7-4-5-8-12(11)14/h1,4-5,7-10H,6H2,2H3. The molecule has 0 amide bonds. The number of esters is 1. The highest BCUT2D eigenvalue weighted by Crippen LogP contribution is 2.32. The minimum absolute atomic E-state index is 0.0413. The van der Waals surface area contributed by atoms with Crippen LogP contribution in [0.1, 0.15) is 6.42 Å². The SMILES string of the molecule is C#CCC(=O)Oc1ccc(OC)c2ccccc12. The van der Waals surface area contributed by atoms with Crippen LogP contribution in [0.2, 0.25) is 0 Å². The lowest BCUT2D eigenvalue weighted by Crippen LogP contribution is -2.06. The molecule has 0 aromatic heterocycles. The van der Waals surface area contributed by atoms with Crippen LogP contribution in [0.3, 0.4) is 0 Å². The maximum absolute atomic E-state index is 11.4. The van der Waals surface area contributed by atoms with E-state index in [9.17, 15) is 4.79 Å². The van der Waals surface area contributed by atoms with Crippen LogP contribution < -0.4 is 9.47 Å². The van der Waals surface area contributed by atoms with Gasteiger partial charge in [0.05, 0.1) is 7.11 Å². The van der Waals surface area contributed by atoms with Gasteiger partial charge in [0.25, 0.3) is 0 Å². The third-order valence-electron chi connectivity index (χ3n) is 2.53. The van der Waals surface area contributed by atoms with E-state index >= 15 is 0 Å². The Morgan fingerprint density at radius 3 is 2.39 bits per heavy atom. The van der Waals surface area contributed by atoms with Crippen LogP contribution in [0.25, 0.3) is 10.8 Å². The van der Waals surface area contributed by atoms with Crippen molar-refractivity contribution in [3.8, 4) is 23.8 Å². The van der Waals surface area contributed by atoms with E-state index in [1.165, 1.54) is 0 Å². The highest BCUT2D eigenvalue weighted by Gasteiger charge is 2.09. The van der Waals surface area contributed by atoms with Gasteiger partial charge in [-0.15, -0.1) is 6.42 Å². The molecule has 0 N–H and O–H groups in total. The van der Waals surface area contributed by atoms with E-state index in [-0.39, 0.29) is 6.42 Å². The average Bonchev–Trinajstić information content (AvgIpc) is 2.39. The zero-order valence-electron chi connectivity index (χ0n) is 9.97. The van der Waals surface area contributed by atoms with Gasteiger partial charge in [-0.25, -0.2) is 0 Å². The summed E-state index contributed by atoms with van der Waals surface area (Å²) in [6, 6.07) is 11.0. The van der Waals surface area contributed by atoms with Gasteiger partial charge in [-0.2, -0.15) is 0 Å². The average molecular weight is 240 g/mol. The number of hydrogen-bond donors (Lipinski definition) is 0. The fourth-order valence-electron chi connectivity index (χ4n) is 1.75. The molecule has 0 heterocycles. The third-order valence-corrected chi connectivity index (χ3v) is 2.53. The van der Waals surface area contributed by atoms with E-state index in [4.69, 9.17) is 15.9 Å². The second kappa shape index (κ2) is 5.24. The molecule has 0 fully saturated rings. The quantitative estimate of drug-likeness (QED) is 0.470. The minimum atomic E-state index is -0.437. The first kappa shape index (κ1) is 12.0. The molecule has 0 saturated heterocycles. The molecule has 0 aliphatic heterocycles. The van der Waals surface area contributed by atoms with Crippen LogP contribution in [0.4, 0.5) is 0 Å². The van der Waals surface area contributed by atoms with E-state index in [2.05, 4.69) is 5.92 Å². The van der Waals surface area contributed by atoms with E-state index in [0.29, 0.717) is 5.75 Å². The van der Waals surface area contributed by atoms with Crippen molar-refractivity contribution in [2.75, 3.05) is 7.11 Å². The minimum Gasteiger partial charge on any atom is -0.496 e. The number of carbonyl (C=O) groups excluding carboxylic acids is 1. The van der Waals surface area contributed by atoms with Gasteiger partial charge in [-0.05, 0) is 12.1 Å². The number of ether oxygens (including phenoxy) is 2. The molecule has 0 bridgehead atoms. The highest BCUT2D eigenvalue weighted by molar-refractivity contribution is 5.94. The van der Waals surface area contributed by atoms with Crippen molar-refractivity contribution in [1.29, 1.82) is 0 Å². The molecule has 2 aromatic rings. The van der Waals surface area contributed by atoms with Crippen molar-refractivity contribution in [2.24, 2.45) is 0 Å². The van der Waals surface area contributed by atoms with Gasteiger partial charge in [0.2, 0.25) is 0 Å². The molecule has 0 spiro atoms.